The number of halogens is 3. The van der Waals surface area contributed by atoms with E-state index >= 15 is 0 Å². The Morgan fingerprint density at radius 2 is 1.87 bits per heavy atom. The van der Waals surface area contributed by atoms with Crippen LogP contribution in [0.2, 0.25) is 0 Å². The zero-order valence-corrected chi connectivity index (χ0v) is 9.10. The third-order valence-electron chi connectivity index (χ3n) is 1.78. The smallest absolute Gasteiger partial charge is 0.401 e. The van der Waals surface area contributed by atoms with E-state index in [0.717, 1.165) is 0 Å². The first-order chi connectivity index (χ1) is 6.64. The van der Waals surface area contributed by atoms with Gasteiger partial charge in [-0.2, -0.15) is 13.2 Å². The lowest BCUT2D eigenvalue weighted by Gasteiger charge is -2.23. The van der Waals surface area contributed by atoms with Gasteiger partial charge in [-0.15, -0.1) is 11.8 Å². The second-order valence-electron chi connectivity index (χ2n) is 3.21. The zero-order chi connectivity index (χ0) is 12.2. The van der Waals surface area contributed by atoms with Gasteiger partial charge in [0.1, 0.15) is 5.25 Å². The summed E-state index contributed by atoms with van der Waals surface area (Å²) in [4.78, 5) is 10.2. The van der Waals surface area contributed by atoms with Crippen LogP contribution in [0, 0.1) is 0 Å². The molecule has 3 nitrogen and oxygen atoms in total. The molecule has 0 radical (unpaired) electrons. The molecular weight excluding hydrogens is 233 g/mol. The number of carboxylic acid groups (broad SMARTS) is 1. The average Bonchev–Trinajstić information content (AvgIpc) is 2.00. The minimum Gasteiger partial charge on any atom is -0.481 e. The van der Waals surface area contributed by atoms with Gasteiger partial charge < -0.3 is 10.2 Å². The lowest BCUT2D eigenvalue weighted by molar-refractivity contribution is -0.150. The number of carboxylic acids is 1. The summed E-state index contributed by atoms with van der Waals surface area (Å²) in [6.07, 6.45) is -6.45. The molecule has 0 aromatic heterocycles. The van der Waals surface area contributed by atoms with Crippen molar-refractivity contribution in [1.29, 1.82) is 0 Å². The summed E-state index contributed by atoms with van der Waals surface area (Å²) in [5, 5.41) is 14.7. The molecule has 0 saturated carbocycles. The van der Waals surface area contributed by atoms with Crippen molar-refractivity contribution >= 4 is 17.7 Å². The maximum absolute atomic E-state index is 12.3. The van der Waals surface area contributed by atoms with Gasteiger partial charge >= 0.3 is 12.1 Å². The molecular formula is C8H13F3O3S. The van der Waals surface area contributed by atoms with Gasteiger partial charge in [0.15, 0.2) is 0 Å². The van der Waals surface area contributed by atoms with Crippen molar-refractivity contribution in [2.75, 3.05) is 0 Å². The van der Waals surface area contributed by atoms with Gasteiger partial charge in [-0.25, -0.2) is 0 Å². The first-order valence-electron chi connectivity index (χ1n) is 4.26. The van der Waals surface area contributed by atoms with Gasteiger partial charge in [0.25, 0.3) is 0 Å². The average molecular weight is 246 g/mol. The third-order valence-corrected chi connectivity index (χ3v) is 3.37. The third kappa shape index (κ3) is 5.88. The van der Waals surface area contributed by atoms with Gasteiger partial charge in [-0.3, -0.25) is 4.79 Å². The summed E-state index contributed by atoms with van der Waals surface area (Å²) < 4.78 is 37.0. The van der Waals surface area contributed by atoms with E-state index in [1.165, 1.54) is 13.8 Å². The van der Waals surface area contributed by atoms with E-state index in [4.69, 9.17) is 10.2 Å². The van der Waals surface area contributed by atoms with Gasteiger partial charge in [-0.1, -0.05) is 6.92 Å². The summed E-state index contributed by atoms with van der Waals surface area (Å²) in [7, 11) is 0. The van der Waals surface area contributed by atoms with Crippen molar-refractivity contribution in [3.63, 3.8) is 0 Å². The fourth-order valence-corrected chi connectivity index (χ4v) is 1.91. The molecule has 3 unspecified atom stereocenters. The van der Waals surface area contributed by atoms with Crippen molar-refractivity contribution in [2.45, 2.75) is 43.0 Å². The molecule has 0 heterocycles. The second kappa shape index (κ2) is 5.60. The molecule has 0 aliphatic carbocycles. The number of carbonyl (C=O) groups is 1. The number of aliphatic hydroxyl groups excluding tert-OH is 1. The summed E-state index contributed by atoms with van der Waals surface area (Å²) in [6.45, 7) is 2.79. The van der Waals surface area contributed by atoms with E-state index in [2.05, 4.69) is 0 Å². The molecule has 7 heteroatoms. The zero-order valence-electron chi connectivity index (χ0n) is 8.28. The topological polar surface area (TPSA) is 57.5 Å². The van der Waals surface area contributed by atoms with Crippen LogP contribution >= 0.6 is 11.8 Å². The van der Waals surface area contributed by atoms with Crippen LogP contribution in [0.5, 0.6) is 0 Å². The summed E-state index contributed by atoms with van der Waals surface area (Å²) in [6, 6.07) is 0. The van der Waals surface area contributed by atoms with Crippen LogP contribution in [0.25, 0.3) is 0 Å². The number of thioether (sulfide) groups is 1. The minimum atomic E-state index is -4.56. The molecule has 3 atom stereocenters. The SMILES string of the molecule is CC(O)C(C)SC(CC(=O)O)C(F)(F)F. The monoisotopic (exact) mass is 246 g/mol. The highest BCUT2D eigenvalue weighted by atomic mass is 32.2. The number of hydrogen-bond donors (Lipinski definition) is 2. The highest BCUT2D eigenvalue weighted by Gasteiger charge is 2.42. The quantitative estimate of drug-likeness (QED) is 0.777. The maximum Gasteiger partial charge on any atom is 0.401 e. The van der Waals surface area contributed by atoms with Crippen molar-refractivity contribution < 1.29 is 28.2 Å². The molecule has 2 N–H and O–H groups in total. The van der Waals surface area contributed by atoms with Crippen molar-refractivity contribution in [3.05, 3.63) is 0 Å². The summed E-state index contributed by atoms with van der Waals surface area (Å²) in [5.41, 5.74) is 0. The van der Waals surface area contributed by atoms with Crippen LogP contribution in [0.15, 0.2) is 0 Å². The summed E-state index contributed by atoms with van der Waals surface area (Å²) in [5.74, 6) is -1.50. The number of aliphatic hydroxyl groups is 1. The fourth-order valence-electron chi connectivity index (χ4n) is 0.772. The first kappa shape index (κ1) is 14.6. The Hall–Kier alpha value is -0.430. The number of rotatable bonds is 5. The lowest BCUT2D eigenvalue weighted by atomic mass is 10.3. The molecule has 0 aliphatic rings. The molecule has 0 aromatic carbocycles. The van der Waals surface area contributed by atoms with E-state index < -0.39 is 35.2 Å². The van der Waals surface area contributed by atoms with Crippen LogP contribution in [0.1, 0.15) is 20.3 Å². The van der Waals surface area contributed by atoms with Crippen molar-refractivity contribution in [2.24, 2.45) is 0 Å². The van der Waals surface area contributed by atoms with E-state index in [0.29, 0.717) is 11.8 Å². The molecule has 90 valence electrons. The first-order valence-corrected chi connectivity index (χ1v) is 5.21. The van der Waals surface area contributed by atoms with Crippen LogP contribution in [-0.4, -0.2) is 39.0 Å². The van der Waals surface area contributed by atoms with Crippen LogP contribution in [0.4, 0.5) is 13.2 Å². The Kier molecular flexibility index (Phi) is 5.44. The van der Waals surface area contributed by atoms with Crippen LogP contribution in [-0.2, 0) is 4.79 Å². The molecule has 0 aromatic rings. The van der Waals surface area contributed by atoms with Crippen molar-refractivity contribution in [3.8, 4) is 0 Å². The predicted molar refractivity (Wildman–Crippen MR) is 50.8 cm³/mol. The predicted octanol–water partition coefficient (Wildman–Crippen LogP) is 1.89. The molecule has 0 amide bonds. The Balaban J connectivity index is 4.45. The summed E-state index contributed by atoms with van der Waals surface area (Å²) >= 11 is 0.432. The number of aliphatic carboxylic acids is 1. The Labute approximate surface area is 89.7 Å². The number of alkyl halides is 3. The van der Waals surface area contributed by atoms with Crippen LogP contribution in [0.3, 0.4) is 0 Å². The van der Waals surface area contributed by atoms with Gasteiger partial charge in [0, 0.05) is 5.25 Å². The molecule has 0 aliphatic heterocycles. The standard InChI is InChI=1S/C8H13F3O3S/c1-4(12)5(2)15-6(3-7(13)14)8(9,10)11/h4-6,12H,3H2,1-2H3,(H,13,14). The van der Waals surface area contributed by atoms with E-state index in [1.54, 1.807) is 0 Å². The van der Waals surface area contributed by atoms with E-state index in [9.17, 15) is 18.0 Å². The molecule has 15 heavy (non-hydrogen) atoms. The second-order valence-corrected chi connectivity index (χ2v) is 4.79. The molecule has 0 rings (SSSR count). The lowest BCUT2D eigenvalue weighted by Crippen LogP contribution is -2.32. The van der Waals surface area contributed by atoms with E-state index in [-0.39, 0.29) is 0 Å². The normalized spacial score (nSPS) is 18.3. The minimum absolute atomic E-state index is 0.432. The van der Waals surface area contributed by atoms with Gasteiger partial charge in [0.05, 0.1) is 12.5 Å². The highest BCUT2D eigenvalue weighted by molar-refractivity contribution is 8.00. The Bertz CT molecular complexity index is 218. The molecule has 0 spiro atoms. The molecule has 0 bridgehead atoms. The van der Waals surface area contributed by atoms with Crippen LogP contribution < -0.4 is 0 Å². The maximum atomic E-state index is 12.3. The fraction of sp³-hybridized carbons (Fsp3) is 0.875. The molecule has 0 fully saturated rings. The van der Waals surface area contributed by atoms with Gasteiger partial charge in [0.2, 0.25) is 0 Å². The highest BCUT2D eigenvalue weighted by Crippen LogP contribution is 2.35. The Morgan fingerprint density at radius 3 is 2.13 bits per heavy atom. The molecule has 0 saturated heterocycles. The van der Waals surface area contributed by atoms with E-state index in [1.807, 2.05) is 0 Å². The number of hydrogen-bond acceptors (Lipinski definition) is 3. The van der Waals surface area contributed by atoms with Crippen molar-refractivity contribution in [1.82, 2.24) is 0 Å². The Morgan fingerprint density at radius 1 is 1.40 bits per heavy atom. The van der Waals surface area contributed by atoms with Gasteiger partial charge in [-0.05, 0) is 6.92 Å². The largest absolute Gasteiger partial charge is 0.481 e.